The van der Waals surface area contributed by atoms with Crippen LogP contribution in [0, 0.1) is 30.3 Å². The molecule has 0 aliphatic rings. The van der Waals surface area contributed by atoms with Crippen LogP contribution >= 0.6 is 0 Å². The highest BCUT2D eigenvalue weighted by molar-refractivity contribution is 5.27. The van der Waals surface area contributed by atoms with Crippen molar-refractivity contribution >= 4 is 5.95 Å². The van der Waals surface area contributed by atoms with Crippen LogP contribution in [-0.4, -0.2) is 70.8 Å². The lowest BCUT2D eigenvalue weighted by atomic mass is 10.0. The number of nitrogens with one attached hydrogen (secondary N) is 1. The van der Waals surface area contributed by atoms with E-state index < -0.39 is 46.6 Å². The SMILES string of the molecule is O=[N+]([O-])OCC(CO[N+](=O)[O-])(CO[N+](=O)[O-])Nc1nnc(-n2cccn2)nn1. The summed E-state index contributed by atoms with van der Waals surface area (Å²) in [6.07, 6.45) is 2.94. The molecule has 0 spiro atoms. The molecule has 150 valence electrons. The third-order valence-corrected chi connectivity index (χ3v) is 2.89. The molecule has 0 radical (unpaired) electrons. The number of rotatable bonds is 12. The summed E-state index contributed by atoms with van der Waals surface area (Å²) in [6.45, 7) is -2.86. The van der Waals surface area contributed by atoms with E-state index in [0.29, 0.717) is 0 Å². The molecule has 0 aliphatic carbocycles. The fourth-order valence-corrected chi connectivity index (χ4v) is 1.75. The molecule has 0 fully saturated rings. The van der Waals surface area contributed by atoms with Gasteiger partial charge in [-0.2, -0.15) is 5.10 Å². The number of hydrogen-bond donors (Lipinski definition) is 1. The Labute approximate surface area is 152 Å². The van der Waals surface area contributed by atoms with Crippen molar-refractivity contribution in [1.29, 1.82) is 0 Å². The van der Waals surface area contributed by atoms with Crippen molar-refractivity contribution in [1.82, 2.24) is 30.2 Å². The smallest absolute Gasteiger partial charge is 0.294 e. The first-order valence-corrected chi connectivity index (χ1v) is 6.97. The van der Waals surface area contributed by atoms with Crippen LogP contribution < -0.4 is 5.32 Å². The molecule has 0 saturated heterocycles. The summed E-state index contributed by atoms with van der Waals surface area (Å²) in [5.74, 6) is -0.437. The highest BCUT2D eigenvalue weighted by atomic mass is 17.0. The molecule has 0 unspecified atom stereocenters. The van der Waals surface area contributed by atoms with Gasteiger partial charge in [0, 0.05) is 12.4 Å². The van der Waals surface area contributed by atoms with E-state index in [-0.39, 0.29) is 5.95 Å². The van der Waals surface area contributed by atoms with Gasteiger partial charge in [-0.1, -0.05) is 0 Å². The van der Waals surface area contributed by atoms with Crippen molar-refractivity contribution in [2.24, 2.45) is 0 Å². The molecule has 19 nitrogen and oxygen atoms in total. The Morgan fingerprint density at radius 1 is 0.929 bits per heavy atom. The minimum atomic E-state index is -2.01. The molecular weight excluding hydrogens is 392 g/mol. The maximum absolute atomic E-state index is 10.5. The zero-order chi connectivity index (χ0) is 20.6. The Bertz CT molecular complexity index is 767. The van der Waals surface area contributed by atoms with Crippen LogP contribution in [0.2, 0.25) is 0 Å². The van der Waals surface area contributed by atoms with Crippen molar-refractivity contribution in [2.45, 2.75) is 5.54 Å². The zero-order valence-electron chi connectivity index (χ0n) is 13.6. The Hall–Kier alpha value is -4.45. The third-order valence-electron chi connectivity index (χ3n) is 2.89. The minimum absolute atomic E-state index is 0.0363. The molecule has 2 rings (SSSR count). The van der Waals surface area contributed by atoms with Crippen LogP contribution in [0.4, 0.5) is 5.95 Å². The number of nitrogens with zero attached hydrogens (tertiary/aromatic N) is 9. The monoisotopic (exact) mass is 402 g/mol. The first-order chi connectivity index (χ1) is 13.3. The van der Waals surface area contributed by atoms with Gasteiger partial charge in [0.05, 0.1) is 0 Å². The average Bonchev–Trinajstić information content (AvgIpc) is 3.18. The van der Waals surface area contributed by atoms with Crippen LogP contribution in [-0.2, 0) is 14.5 Å². The fourth-order valence-electron chi connectivity index (χ4n) is 1.75. The number of hydrogen-bond acceptors (Lipinski definition) is 15. The van der Waals surface area contributed by atoms with Crippen molar-refractivity contribution in [2.75, 3.05) is 25.1 Å². The normalized spacial score (nSPS) is 10.7. The van der Waals surface area contributed by atoms with Gasteiger partial charge in [-0.15, -0.1) is 50.7 Å². The van der Waals surface area contributed by atoms with Gasteiger partial charge in [-0.3, -0.25) is 0 Å². The number of aromatic nitrogens is 6. The molecule has 0 amide bonds. The molecule has 0 aromatic carbocycles. The van der Waals surface area contributed by atoms with Gasteiger partial charge in [-0.25, -0.2) is 4.68 Å². The molecule has 2 heterocycles. The maximum atomic E-state index is 10.5. The topological polar surface area (TPSA) is 239 Å². The summed E-state index contributed by atoms with van der Waals surface area (Å²) in [6, 6.07) is 1.58. The summed E-state index contributed by atoms with van der Waals surface area (Å²) in [5.41, 5.74) is -2.01. The quantitative estimate of drug-likeness (QED) is 0.305. The summed E-state index contributed by atoms with van der Waals surface area (Å²) < 4.78 is 1.22. The van der Waals surface area contributed by atoms with Crippen LogP contribution in [0.1, 0.15) is 0 Å². The molecule has 28 heavy (non-hydrogen) atoms. The van der Waals surface area contributed by atoms with Gasteiger partial charge >= 0.3 is 0 Å². The molecule has 19 heteroatoms. The van der Waals surface area contributed by atoms with Gasteiger partial charge < -0.3 is 19.8 Å². The summed E-state index contributed by atoms with van der Waals surface area (Å²) in [7, 11) is 0. The van der Waals surface area contributed by atoms with Crippen LogP contribution in [0.5, 0.6) is 0 Å². The predicted molar refractivity (Wildman–Crippen MR) is 79.9 cm³/mol. The highest BCUT2D eigenvalue weighted by Crippen LogP contribution is 2.15. The summed E-state index contributed by atoms with van der Waals surface area (Å²) in [4.78, 5) is 44.0. The lowest BCUT2D eigenvalue weighted by Gasteiger charge is -2.31. The standard InChI is InChI=1S/C9H10N10O9/c20-17(21)26-4-9(5-27-18(22)23,6-28-19(24)25)11-7-12-14-8(15-13-7)16-3-1-2-10-16/h1-3H,4-6H2,(H,11,12,13). The van der Waals surface area contributed by atoms with E-state index >= 15 is 0 Å². The third kappa shape index (κ3) is 5.82. The zero-order valence-corrected chi connectivity index (χ0v) is 13.6. The van der Waals surface area contributed by atoms with Crippen molar-refractivity contribution in [3.05, 3.63) is 48.8 Å². The van der Waals surface area contributed by atoms with E-state index in [1.807, 2.05) is 0 Å². The maximum Gasteiger partial charge on any atom is 0.294 e. The second-order valence-corrected chi connectivity index (χ2v) is 4.87. The Balaban J connectivity index is 2.24. The summed E-state index contributed by atoms with van der Waals surface area (Å²) in [5, 5.41) is 48.7. The Kier molecular flexibility index (Phi) is 6.23. The number of anilines is 1. The van der Waals surface area contributed by atoms with Crippen molar-refractivity contribution < 1.29 is 29.8 Å². The minimum Gasteiger partial charge on any atom is -0.340 e. The molecule has 1 N–H and O–H groups in total. The van der Waals surface area contributed by atoms with Crippen LogP contribution in [0.3, 0.4) is 0 Å². The Morgan fingerprint density at radius 2 is 1.43 bits per heavy atom. The molecule has 0 bridgehead atoms. The second kappa shape index (κ2) is 8.77. The predicted octanol–water partition coefficient (Wildman–Crippen LogP) is -1.77. The first kappa shape index (κ1) is 19.9. The molecule has 2 aromatic heterocycles. The van der Waals surface area contributed by atoms with Crippen LogP contribution in [0.15, 0.2) is 18.5 Å². The summed E-state index contributed by atoms with van der Waals surface area (Å²) >= 11 is 0. The van der Waals surface area contributed by atoms with Gasteiger partial charge in [0.2, 0.25) is 0 Å². The van der Waals surface area contributed by atoms with E-state index in [1.165, 1.54) is 17.1 Å². The van der Waals surface area contributed by atoms with Gasteiger partial charge in [0.25, 0.3) is 27.2 Å². The second-order valence-electron chi connectivity index (χ2n) is 4.87. The lowest BCUT2D eigenvalue weighted by molar-refractivity contribution is -0.777. The van der Waals surface area contributed by atoms with E-state index in [9.17, 15) is 30.3 Å². The van der Waals surface area contributed by atoms with Gasteiger partial charge in [0.1, 0.15) is 25.4 Å². The van der Waals surface area contributed by atoms with E-state index in [0.717, 1.165) is 0 Å². The molecule has 2 aromatic rings. The van der Waals surface area contributed by atoms with Crippen LogP contribution in [0.25, 0.3) is 5.95 Å². The lowest BCUT2D eigenvalue weighted by Crippen LogP contribution is -2.53. The largest absolute Gasteiger partial charge is 0.340 e. The van der Waals surface area contributed by atoms with Gasteiger partial charge in [0.15, 0.2) is 0 Å². The van der Waals surface area contributed by atoms with E-state index in [2.05, 4.69) is 45.3 Å². The molecular formula is C9H10N10O9. The van der Waals surface area contributed by atoms with Gasteiger partial charge in [-0.05, 0) is 6.07 Å². The molecule has 0 atom stereocenters. The highest BCUT2D eigenvalue weighted by Gasteiger charge is 2.36. The first-order valence-electron chi connectivity index (χ1n) is 6.97. The fraction of sp³-hybridized carbons (Fsp3) is 0.444. The average molecular weight is 402 g/mol. The van der Waals surface area contributed by atoms with E-state index in [4.69, 9.17) is 0 Å². The molecule has 0 saturated carbocycles. The van der Waals surface area contributed by atoms with Crippen molar-refractivity contribution in [3.8, 4) is 5.95 Å². The Morgan fingerprint density at radius 3 is 1.82 bits per heavy atom. The molecule has 0 aliphatic heterocycles. The van der Waals surface area contributed by atoms with Crippen molar-refractivity contribution in [3.63, 3.8) is 0 Å². The van der Waals surface area contributed by atoms with E-state index in [1.54, 1.807) is 6.07 Å².